The Labute approximate surface area is 143 Å². The molecule has 1 aromatic heterocycles. The number of fused-ring (bicyclic) bond motifs is 1. The molecule has 2 aromatic rings. The smallest absolute Gasteiger partial charge is 0.219 e. The van der Waals surface area contributed by atoms with Crippen molar-refractivity contribution >= 4 is 16.9 Å². The van der Waals surface area contributed by atoms with E-state index in [1.807, 2.05) is 23.1 Å². The first-order valence-corrected chi connectivity index (χ1v) is 8.66. The number of carbonyl (C=O) groups is 1. The van der Waals surface area contributed by atoms with E-state index in [-0.39, 0.29) is 5.91 Å². The minimum Gasteiger partial charge on any atom is -0.493 e. The van der Waals surface area contributed by atoms with Crippen LogP contribution in [-0.2, 0) is 11.3 Å². The van der Waals surface area contributed by atoms with Gasteiger partial charge in [-0.3, -0.25) is 4.79 Å². The molecule has 5 nitrogen and oxygen atoms in total. The third kappa shape index (κ3) is 3.41. The summed E-state index contributed by atoms with van der Waals surface area (Å²) in [5, 5.41) is 4.68. The second kappa shape index (κ2) is 7.26. The molecule has 2 heterocycles. The van der Waals surface area contributed by atoms with Gasteiger partial charge in [0.25, 0.3) is 0 Å². The fourth-order valence-electron chi connectivity index (χ4n) is 3.57. The molecular formula is C19H26N2O3. The predicted molar refractivity (Wildman–Crippen MR) is 94.0 cm³/mol. The number of piperidine rings is 1. The molecule has 130 valence electrons. The first-order chi connectivity index (χ1) is 11.6. The SMILES string of the molecule is CC[C@H]1CN(C(C)=O)CC[C@H]1NCc1cc2cccc(OC)c2o1. The van der Waals surface area contributed by atoms with E-state index in [4.69, 9.17) is 9.15 Å². The lowest BCUT2D eigenvalue weighted by Gasteiger charge is -2.38. The van der Waals surface area contributed by atoms with Gasteiger partial charge in [0.05, 0.1) is 13.7 Å². The van der Waals surface area contributed by atoms with Crippen molar-refractivity contribution in [2.24, 2.45) is 5.92 Å². The van der Waals surface area contributed by atoms with Gasteiger partial charge in [0.1, 0.15) is 5.76 Å². The molecule has 1 amide bonds. The van der Waals surface area contributed by atoms with Crippen LogP contribution < -0.4 is 10.1 Å². The summed E-state index contributed by atoms with van der Waals surface area (Å²) >= 11 is 0. The monoisotopic (exact) mass is 330 g/mol. The Morgan fingerprint density at radius 3 is 3.00 bits per heavy atom. The molecule has 1 aliphatic rings. The van der Waals surface area contributed by atoms with Gasteiger partial charge in [0, 0.05) is 31.4 Å². The Morgan fingerprint density at radius 2 is 2.29 bits per heavy atom. The first-order valence-electron chi connectivity index (χ1n) is 8.66. The maximum absolute atomic E-state index is 11.6. The summed E-state index contributed by atoms with van der Waals surface area (Å²) in [4.78, 5) is 13.5. The lowest BCUT2D eigenvalue weighted by molar-refractivity contribution is -0.131. The summed E-state index contributed by atoms with van der Waals surface area (Å²) in [6.07, 6.45) is 2.05. The number of benzene rings is 1. The van der Waals surface area contributed by atoms with Crippen LogP contribution in [0.1, 0.15) is 32.4 Å². The van der Waals surface area contributed by atoms with Crippen molar-refractivity contribution in [1.29, 1.82) is 0 Å². The number of ether oxygens (including phenoxy) is 1. The van der Waals surface area contributed by atoms with Crippen molar-refractivity contribution in [2.45, 2.75) is 39.3 Å². The third-order valence-electron chi connectivity index (χ3n) is 5.02. The van der Waals surface area contributed by atoms with E-state index >= 15 is 0 Å². The average molecular weight is 330 g/mol. The van der Waals surface area contributed by atoms with Gasteiger partial charge in [-0.15, -0.1) is 0 Å². The number of para-hydroxylation sites is 1. The first kappa shape index (κ1) is 16.8. The number of amides is 1. The molecule has 5 heteroatoms. The Bertz CT molecular complexity index is 710. The molecule has 0 spiro atoms. The van der Waals surface area contributed by atoms with Crippen LogP contribution in [0.2, 0.25) is 0 Å². The zero-order valence-electron chi connectivity index (χ0n) is 14.7. The molecule has 0 bridgehead atoms. The minimum atomic E-state index is 0.177. The summed E-state index contributed by atoms with van der Waals surface area (Å²) < 4.78 is 11.3. The highest BCUT2D eigenvalue weighted by molar-refractivity contribution is 5.83. The standard InChI is InChI=1S/C19H26N2O3/c1-4-14-12-21(13(2)22)9-8-17(14)20-11-16-10-15-6-5-7-18(23-3)19(15)24-16/h5-7,10,14,17,20H,4,8-9,11-12H2,1-3H3/t14-,17+/m0/s1. The summed E-state index contributed by atoms with van der Waals surface area (Å²) in [7, 11) is 1.66. The number of nitrogens with zero attached hydrogens (tertiary/aromatic N) is 1. The maximum Gasteiger partial charge on any atom is 0.219 e. The molecule has 1 aliphatic heterocycles. The van der Waals surface area contributed by atoms with Crippen LogP contribution in [0, 0.1) is 5.92 Å². The normalized spacial score (nSPS) is 21.2. The second-order valence-electron chi connectivity index (χ2n) is 6.50. The number of furan rings is 1. The number of hydrogen-bond acceptors (Lipinski definition) is 4. The molecule has 1 fully saturated rings. The topological polar surface area (TPSA) is 54.7 Å². The number of hydrogen-bond donors (Lipinski definition) is 1. The fourth-order valence-corrected chi connectivity index (χ4v) is 3.57. The van der Waals surface area contributed by atoms with Crippen LogP contribution in [0.25, 0.3) is 11.0 Å². The Kier molecular flexibility index (Phi) is 5.09. The summed E-state index contributed by atoms with van der Waals surface area (Å²) in [6.45, 7) is 6.21. The van der Waals surface area contributed by atoms with Crippen molar-refractivity contribution < 1.29 is 13.9 Å². The number of methoxy groups -OCH3 is 1. The van der Waals surface area contributed by atoms with E-state index in [9.17, 15) is 4.79 Å². The van der Waals surface area contributed by atoms with Gasteiger partial charge in [-0.2, -0.15) is 0 Å². The van der Waals surface area contributed by atoms with Crippen molar-refractivity contribution in [3.05, 3.63) is 30.0 Å². The quantitative estimate of drug-likeness (QED) is 0.915. The van der Waals surface area contributed by atoms with Crippen LogP contribution in [0.4, 0.5) is 0 Å². The van der Waals surface area contributed by atoms with Crippen molar-refractivity contribution in [3.8, 4) is 5.75 Å². The molecule has 3 rings (SSSR count). The van der Waals surface area contributed by atoms with Crippen LogP contribution >= 0.6 is 0 Å². The van der Waals surface area contributed by atoms with Crippen LogP contribution in [0.15, 0.2) is 28.7 Å². The highest BCUT2D eigenvalue weighted by Gasteiger charge is 2.28. The zero-order valence-corrected chi connectivity index (χ0v) is 14.7. The minimum absolute atomic E-state index is 0.177. The van der Waals surface area contributed by atoms with E-state index in [1.165, 1.54) is 0 Å². The fraction of sp³-hybridized carbons (Fsp3) is 0.526. The van der Waals surface area contributed by atoms with Gasteiger partial charge in [0.15, 0.2) is 11.3 Å². The van der Waals surface area contributed by atoms with Crippen molar-refractivity contribution in [3.63, 3.8) is 0 Å². The van der Waals surface area contributed by atoms with E-state index in [1.54, 1.807) is 14.0 Å². The summed E-state index contributed by atoms with van der Waals surface area (Å²) in [6, 6.07) is 8.40. The Morgan fingerprint density at radius 1 is 1.46 bits per heavy atom. The highest BCUT2D eigenvalue weighted by Crippen LogP contribution is 2.29. The number of rotatable bonds is 5. The molecule has 1 saturated heterocycles. The third-order valence-corrected chi connectivity index (χ3v) is 5.02. The lowest BCUT2D eigenvalue weighted by atomic mass is 9.90. The van der Waals surface area contributed by atoms with Gasteiger partial charge < -0.3 is 19.4 Å². The molecule has 24 heavy (non-hydrogen) atoms. The molecule has 2 atom stereocenters. The maximum atomic E-state index is 11.6. The van der Waals surface area contributed by atoms with Gasteiger partial charge in [-0.1, -0.05) is 25.5 Å². The molecule has 0 saturated carbocycles. The van der Waals surface area contributed by atoms with E-state index in [0.29, 0.717) is 18.5 Å². The van der Waals surface area contributed by atoms with Crippen LogP contribution in [-0.4, -0.2) is 37.0 Å². The highest BCUT2D eigenvalue weighted by atomic mass is 16.5. The molecule has 0 aliphatic carbocycles. The van der Waals surface area contributed by atoms with Crippen molar-refractivity contribution in [1.82, 2.24) is 10.2 Å². The van der Waals surface area contributed by atoms with Crippen LogP contribution in [0.3, 0.4) is 0 Å². The lowest BCUT2D eigenvalue weighted by Crippen LogP contribution is -2.50. The molecule has 0 radical (unpaired) electrons. The van der Waals surface area contributed by atoms with E-state index < -0.39 is 0 Å². The second-order valence-corrected chi connectivity index (χ2v) is 6.50. The zero-order chi connectivity index (χ0) is 17.1. The average Bonchev–Trinajstić information content (AvgIpc) is 3.02. The van der Waals surface area contributed by atoms with Crippen LogP contribution in [0.5, 0.6) is 5.75 Å². The van der Waals surface area contributed by atoms with Gasteiger partial charge in [-0.05, 0) is 24.5 Å². The molecule has 1 aromatic carbocycles. The number of likely N-dealkylation sites (tertiary alicyclic amines) is 1. The molecule has 0 unspecified atom stereocenters. The molecular weight excluding hydrogens is 304 g/mol. The van der Waals surface area contributed by atoms with Gasteiger partial charge in [0.2, 0.25) is 5.91 Å². The Hall–Kier alpha value is -2.01. The van der Waals surface area contributed by atoms with Gasteiger partial charge in [-0.25, -0.2) is 0 Å². The largest absolute Gasteiger partial charge is 0.493 e. The van der Waals surface area contributed by atoms with Gasteiger partial charge >= 0.3 is 0 Å². The Balaban J connectivity index is 1.66. The summed E-state index contributed by atoms with van der Waals surface area (Å²) in [5.41, 5.74) is 0.801. The summed E-state index contributed by atoms with van der Waals surface area (Å²) in [5.74, 6) is 2.34. The van der Waals surface area contributed by atoms with E-state index in [0.717, 1.165) is 48.4 Å². The molecule has 1 N–H and O–H groups in total. The predicted octanol–water partition coefficient (Wildman–Crippen LogP) is 3.18. The van der Waals surface area contributed by atoms with E-state index in [2.05, 4.69) is 18.3 Å². The van der Waals surface area contributed by atoms with Crippen molar-refractivity contribution in [2.75, 3.05) is 20.2 Å². The number of nitrogens with one attached hydrogen (secondary N) is 1. The number of carbonyl (C=O) groups excluding carboxylic acids is 1.